The van der Waals surface area contributed by atoms with Crippen LogP contribution < -0.4 is 0 Å². The van der Waals surface area contributed by atoms with Crippen LogP contribution in [0.1, 0.15) is 18.1 Å². The van der Waals surface area contributed by atoms with E-state index in [-0.39, 0.29) is 5.82 Å². The van der Waals surface area contributed by atoms with Gasteiger partial charge in [-0.05, 0) is 29.5 Å². The molecule has 0 aliphatic heterocycles. The molecular weight excluding hydrogens is 199 g/mol. The summed E-state index contributed by atoms with van der Waals surface area (Å²) in [5.41, 5.74) is 0.760. The molecule has 1 aromatic rings. The lowest BCUT2D eigenvalue weighted by Gasteiger charge is -2.09. The van der Waals surface area contributed by atoms with Crippen molar-refractivity contribution in [3.8, 4) is 0 Å². The Morgan fingerprint density at radius 1 is 1.43 bits per heavy atom. The highest BCUT2D eigenvalue weighted by molar-refractivity contribution is 8.02. The molecule has 0 radical (unpaired) electrons. The van der Waals surface area contributed by atoms with Crippen LogP contribution >= 0.6 is 11.8 Å². The number of benzene rings is 1. The molecule has 1 rings (SSSR count). The first-order chi connectivity index (χ1) is 6.74. The van der Waals surface area contributed by atoms with E-state index in [4.69, 9.17) is 0 Å². The summed E-state index contributed by atoms with van der Waals surface area (Å²) in [5, 5.41) is 11.4. The van der Waals surface area contributed by atoms with E-state index in [9.17, 15) is 9.50 Å². The van der Waals surface area contributed by atoms with Gasteiger partial charge in [-0.25, -0.2) is 4.39 Å². The molecule has 1 N–H and O–H groups in total. The molecule has 0 fully saturated rings. The summed E-state index contributed by atoms with van der Waals surface area (Å²) >= 11 is 1.56. The molecule has 0 saturated heterocycles. The van der Waals surface area contributed by atoms with Crippen LogP contribution in [0.25, 0.3) is 0 Å². The molecule has 1 aromatic carbocycles. The van der Waals surface area contributed by atoms with Crippen molar-refractivity contribution in [1.29, 1.82) is 0 Å². The van der Waals surface area contributed by atoms with Gasteiger partial charge < -0.3 is 5.11 Å². The second kappa shape index (κ2) is 5.83. The summed E-state index contributed by atoms with van der Waals surface area (Å²) in [6.45, 7) is 3.57. The average molecular weight is 212 g/mol. The zero-order valence-corrected chi connectivity index (χ0v) is 8.64. The number of hydrogen-bond donors (Lipinski definition) is 1. The fourth-order valence-electron chi connectivity index (χ4n) is 1.11. The lowest BCUT2D eigenvalue weighted by molar-refractivity contribution is 0.175. The molecule has 14 heavy (non-hydrogen) atoms. The lowest BCUT2D eigenvalue weighted by atomic mass is 10.1. The molecule has 1 nitrogen and oxygen atoms in total. The molecule has 76 valence electrons. The summed E-state index contributed by atoms with van der Waals surface area (Å²) in [6, 6.07) is 5.94. The molecule has 3 heteroatoms. The van der Waals surface area contributed by atoms with Crippen LogP contribution in [0.4, 0.5) is 4.39 Å². The van der Waals surface area contributed by atoms with Crippen molar-refractivity contribution in [3.63, 3.8) is 0 Å². The van der Waals surface area contributed by atoms with Crippen LogP contribution in [0, 0.1) is 5.82 Å². The third-order valence-corrected chi connectivity index (χ3v) is 2.59. The Labute approximate surface area is 87.6 Å². The van der Waals surface area contributed by atoms with Gasteiger partial charge in [0.05, 0.1) is 6.10 Å². The van der Waals surface area contributed by atoms with Crippen LogP contribution in [0.3, 0.4) is 0 Å². The lowest BCUT2D eigenvalue weighted by Crippen LogP contribution is -1.98. The van der Waals surface area contributed by atoms with Crippen molar-refractivity contribution in [2.24, 2.45) is 0 Å². The average Bonchev–Trinajstić information content (AvgIpc) is 2.19. The molecule has 0 aromatic heterocycles. The number of rotatable bonds is 5. The summed E-state index contributed by atoms with van der Waals surface area (Å²) in [7, 11) is 0. The van der Waals surface area contributed by atoms with E-state index in [1.54, 1.807) is 29.3 Å². The third kappa shape index (κ3) is 3.52. The van der Waals surface area contributed by atoms with Crippen molar-refractivity contribution in [2.45, 2.75) is 12.5 Å². The smallest absolute Gasteiger partial charge is 0.123 e. The molecule has 0 spiro atoms. The van der Waals surface area contributed by atoms with Crippen molar-refractivity contribution in [3.05, 3.63) is 47.6 Å². The Kier molecular flexibility index (Phi) is 4.70. The van der Waals surface area contributed by atoms with Crippen LogP contribution in [0.15, 0.2) is 36.3 Å². The fourth-order valence-corrected chi connectivity index (χ4v) is 1.64. The van der Waals surface area contributed by atoms with Gasteiger partial charge in [0.25, 0.3) is 0 Å². The van der Waals surface area contributed by atoms with Gasteiger partial charge in [0.1, 0.15) is 5.82 Å². The van der Waals surface area contributed by atoms with Crippen molar-refractivity contribution in [2.75, 3.05) is 5.75 Å². The maximum absolute atomic E-state index is 12.6. The SMILES string of the molecule is C=CSCCC(O)c1ccc(F)cc1. The fraction of sp³-hybridized carbons (Fsp3) is 0.273. The van der Waals surface area contributed by atoms with Gasteiger partial charge in [-0.2, -0.15) is 0 Å². The van der Waals surface area contributed by atoms with E-state index < -0.39 is 6.10 Å². The highest BCUT2D eigenvalue weighted by Gasteiger charge is 2.06. The molecule has 0 saturated carbocycles. The summed E-state index contributed by atoms with van der Waals surface area (Å²) in [5.74, 6) is 0.545. The minimum Gasteiger partial charge on any atom is -0.388 e. The van der Waals surface area contributed by atoms with Crippen molar-refractivity contribution >= 4 is 11.8 Å². The number of halogens is 1. The molecule has 0 heterocycles. The van der Waals surface area contributed by atoms with E-state index in [2.05, 4.69) is 6.58 Å². The summed E-state index contributed by atoms with van der Waals surface area (Å²) in [6.07, 6.45) is 0.144. The molecule has 0 bridgehead atoms. The third-order valence-electron chi connectivity index (χ3n) is 1.88. The zero-order chi connectivity index (χ0) is 10.4. The van der Waals surface area contributed by atoms with Gasteiger partial charge in [0, 0.05) is 5.75 Å². The first-order valence-electron chi connectivity index (χ1n) is 4.40. The van der Waals surface area contributed by atoms with Gasteiger partial charge in [-0.1, -0.05) is 18.7 Å². The topological polar surface area (TPSA) is 20.2 Å². The molecule has 1 unspecified atom stereocenters. The van der Waals surface area contributed by atoms with E-state index in [1.807, 2.05) is 0 Å². The second-order valence-corrected chi connectivity index (χ2v) is 3.97. The van der Waals surface area contributed by atoms with Crippen molar-refractivity contribution < 1.29 is 9.50 Å². The van der Waals surface area contributed by atoms with E-state index >= 15 is 0 Å². The van der Waals surface area contributed by atoms with Gasteiger partial charge in [-0.15, -0.1) is 11.8 Å². The predicted octanol–water partition coefficient (Wildman–Crippen LogP) is 3.13. The number of thioether (sulfide) groups is 1. The van der Waals surface area contributed by atoms with Gasteiger partial charge in [0.15, 0.2) is 0 Å². The summed E-state index contributed by atoms with van der Waals surface area (Å²) < 4.78 is 12.6. The molecule has 0 aliphatic carbocycles. The summed E-state index contributed by atoms with van der Waals surface area (Å²) in [4.78, 5) is 0. The van der Waals surface area contributed by atoms with E-state index in [0.717, 1.165) is 11.3 Å². The standard InChI is InChI=1S/C11H13FOS/c1-2-14-8-7-11(13)9-3-5-10(12)6-4-9/h2-6,11,13H,1,7-8H2. The van der Waals surface area contributed by atoms with Gasteiger partial charge >= 0.3 is 0 Å². The number of aliphatic hydroxyl groups is 1. The van der Waals surface area contributed by atoms with Gasteiger partial charge in [0.2, 0.25) is 0 Å². The number of aliphatic hydroxyl groups excluding tert-OH is 1. The quantitative estimate of drug-likeness (QED) is 0.757. The number of hydrogen-bond acceptors (Lipinski definition) is 2. The maximum atomic E-state index is 12.6. The van der Waals surface area contributed by atoms with Crippen LogP contribution in [-0.2, 0) is 0 Å². The van der Waals surface area contributed by atoms with E-state index in [1.165, 1.54) is 12.1 Å². The minimum atomic E-state index is -0.511. The Morgan fingerprint density at radius 2 is 2.07 bits per heavy atom. The van der Waals surface area contributed by atoms with Crippen LogP contribution in [-0.4, -0.2) is 10.9 Å². The normalized spacial score (nSPS) is 12.4. The predicted molar refractivity (Wildman–Crippen MR) is 58.6 cm³/mol. The van der Waals surface area contributed by atoms with E-state index in [0.29, 0.717) is 6.42 Å². The maximum Gasteiger partial charge on any atom is 0.123 e. The Balaban J connectivity index is 2.47. The Morgan fingerprint density at radius 3 is 2.64 bits per heavy atom. The zero-order valence-electron chi connectivity index (χ0n) is 7.82. The van der Waals surface area contributed by atoms with Crippen LogP contribution in [0.5, 0.6) is 0 Å². The molecule has 0 amide bonds. The Hall–Kier alpha value is -0.800. The Bertz CT molecular complexity index is 284. The second-order valence-electron chi connectivity index (χ2n) is 2.89. The highest BCUT2D eigenvalue weighted by atomic mass is 32.2. The first-order valence-corrected chi connectivity index (χ1v) is 5.45. The molecular formula is C11H13FOS. The molecule has 0 aliphatic rings. The van der Waals surface area contributed by atoms with Crippen LogP contribution in [0.2, 0.25) is 0 Å². The molecule has 1 atom stereocenters. The first kappa shape index (κ1) is 11.3. The monoisotopic (exact) mass is 212 g/mol. The van der Waals surface area contributed by atoms with Gasteiger partial charge in [-0.3, -0.25) is 0 Å². The van der Waals surface area contributed by atoms with Crippen molar-refractivity contribution in [1.82, 2.24) is 0 Å². The highest BCUT2D eigenvalue weighted by Crippen LogP contribution is 2.19. The minimum absolute atomic E-state index is 0.276. The largest absolute Gasteiger partial charge is 0.388 e.